The highest BCUT2D eigenvalue weighted by molar-refractivity contribution is 6.37. The van der Waals surface area contributed by atoms with Crippen molar-refractivity contribution in [3.05, 3.63) is 27.7 Å². The number of halogens is 2. The van der Waals surface area contributed by atoms with Gasteiger partial charge in [-0.05, 0) is 18.1 Å². The molecule has 0 radical (unpaired) electrons. The number of carbonyl (C=O) groups is 3. The normalized spacial score (nSPS) is 11.7. The number of nitrogens with one attached hydrogen (secondary N) is 1. The van der Waals surface area contributed by atoms with Gasteiger partial charge in [-0.2, -0.15) is 0 Å². The lowest BCUT2D eigenvalue weighted by atomic mass is 10.1. The average molecular weight is 363 g/mol. The summed E-state index contributed by atoms with van der Waals surface area (Å²) in [4.78, 5) is 34.8. The molecule has 0 spiro atoms. The molecule has 1 rings (SSSR count). The third-order valence-electron chi connectivity index (χ3n) is 2.78. The Hall–Kier alpha value is -1.99. The highest BCUT2D eigenvalue weighted by Crippen LogP contribution is 2.34. The first kappa shape index (κ1) is 19.1. The maximum absolute atomic E-state index is 12.2. The molecule has 0 saturated heterocycles. The van der Waals surface area contributed by atoms with E-state index in [1.54, 1.807) is 13.8 Å². The predicted octanol–water partition coefficient (Wildman–Crippen LogP) is 2.38. The van der Waals surface area contributed by atoms with Gasteiger partial charge < -0.3 is 15.2 Å². The maximum atomic E-state index is 12.2. The Morgan fingerprint density at radius 1 is 1.17 bits per heavy atom. The Morgan fingerprint density at radius 3 is 2.09 bits per heavy atom. The van der Waals surface area contributed by atoms with Crippen LogP contribution in [0.1, 0.15) is 24.2 Å². The summed E-state index contributed by atoms with van der Waals surface area (Å²) in [5.74, 6) is -1.81. The minimum Gasteiger partial charge on any atom is -0.494 e. The summed E-state index contributed by atoms with van der Waals surface area (Å²) >= 11 is 11.9. The first-order valence-corrected chi connectivity index (χ1v) is 7.27. The predicted molar refractivity (Wildman–Crippen MR) is 84.8 cm³/mol. The molecule has 0 aliphatic rings. The van der Waals surface area contributed by atoms with Crippen LogP contribution in [0.3, 0.4) is 0 Å². The molecule has 1 atom stereocenters. The molecule has 7 nitrogen and oxygen atoms in total. The van der Waals surface area contributed by atoms with Gasteiger partial charge in [-0.3, -0.25) is 10.1 Å². The number of benzene rings is 1. The van der Waals surface area contributed by atoms with Gasteiger partial charge in [0.2, 0.25) is 0 Å². The molecule has 9 heteroatoms. The van der Waals surface area contributed by atoms with Crippen LogP contribution >= 0.6 is 23.2 Å². The van der Waals surface area contributed by atoms with Crippen LogP contribution < -0.4 is 15.8 Å². The zero-order chi connectivity index (χ0) is 17.7. The van der Waals surface area contributed by atoms with Gasteiger partial charge in [0, 0.05) is 0 Å². The van der Waals surface area contributed by atoms with Crippen LogP contribution in [0.2, 0.25) is 10.0 Å². The molecule has 3 amide bonds. The van der Waals surface area contributed by atoms with Crippen LogP contribution in [-0.2, 0) is 9.53 Å². The summed E-state index contributed by atoms with van der Waals surface area (Å²) < 4.78 is 10.1. The van der Waals surface area contributed by atoms with Gasteiger partial charge in [0.1, 0.15) is 0 Å². The number of nitrogens with two attached hydrogens (primary N) is 1. The SMILES string of the molecule is COc1c(Cl)cc(C(=O)O[C@H](C(=O)NC(N)=O)C(C)C)cc1Cl. The fraction of sp³-hybridized carbons (Fsp3) is 0.357. The zero-order valence-electron chi connectivity index (χ0n) is 12.7. The van der Waals surface area contributed by atoms with Crippen molar-refractivity contribution in [1.82, 2.24) is 5.32 Å². The highest BCUT2D eigenvalue weighted by Gasteiger charge is 2.28. The quantitative estimate of drug-likeness (QED) is 0.781. The Bertz CT molecular complexity index is 611. The fourth-order valence-corrected chi connectivity index (χ4v) is 2.38. The fourth-order valence-electron chi connectivity index (χ4n) is 1.74. The maximum Gasteiger partial charge on any atom is 0.339 e. The summed E-state index contributed by atoms with van der Waals surface area (Å²) in [6.07, 6.45) is -1.20. The second-order valence-corrected chi connectivity index (χ2v) is 5.71. The number of urea groups is 1. The number of hydrogen-bond donors (Lipinski definition) is 2. The highest BCUT2D eigenvalue weighted by atomic mass is 35.5. The molecule has 0 aliphatic heterocycles. The smallest absolute Gasteiger partial charge is 0.339 e. The molecule has 0 bridgehead atoms. The van der Waals surface area contributed by atoms with Gasteiger partial charge in [-0.1, -0.05) is 37.0 Å². The minimum absolute atomic E-state index is 0.0401. The van der Waals surface area contributed by atoms with Crippen molar-refractivity contribution >= 4 is 41.1 Å². The van der Waals surface area contributed by atoms with Gasteiger partial charge in [0.05, 0.1) is 22.7 Å². The third kappa shape index (κ3) is 5.01. The van der Waals surface area contributed by atoms with E-state index in [1.807, 2.05) is 5.32 Å². The standard InChI is InChI=1S/C14H16Cl2N2O5/c1-6(2)10(12(19)18-14(17)21)23-13(20)7-4-8(15)11(22-3)9(16)5-7/h4-6,10H,1-3H3,(H3,17,18,19,21)/t10-/m0/s1. The molecule has 0 saturated carbocycles. The van der Waals surface area contributed by atoms with Crippen molar-refractivity contribution in [1.29, 1.82) is 0 Å². The van der Waals surface area contributed by atoms with Crippen LogP contribution in [0.5, 0.6) is 5.75 Å². The number of carbonyl (C=O) groups excluding carboxylic acids is 3. The van der Waals surface area contributed by atoms with Crippen molar-refractivity contribution in [2.45, 2.75) is 20.0 Å². The van der Waals surface area contributed by atoms with Crippen molar-refractivity contribution in [3.63, 3.8) is 0 Å². The topological polar surface area (TPSA) is 108 Å². The monoisotopic (exact) mass is 362 g/mol. The molecular formula is C14H16Cl2N2O5. The van der Waals surface area contributed by atoms with Crippen LogP contribution in [0.4, 0.5) is 4.79 Å². The second kappa shape index (κ2) is 8.03. The molecule has 23 heavy (non-hydrogen) atoms. The number of methoxy groups -OCH3 is 1. The Morgan fingerprint density at radius 2 is 1.70 bits per heavy atom. The van der Waals surface area contributed by atoms with Crippen molar-refractivity contribution in [3.8, 4) is 5.75 Å². The molecule has 0 aromatic heterocycles. The largest absolute Gasteiger partial charge is 0.494 e. The summed E-state index contributed by atoms with van der Waals surface area (Å²) in [6.45, 7) is 3.29. The Balaban J connectivity index is 3.00. The van der Waals surface area contributed by atoms with Crippen LogP contribution in [0.25, 0.3) is 0 Å². The number of primary amides is 1. The molecule has 0 unspecified atom stereocenters. The van der Waals surface area contributed by atoms with E-state index < -0.39 is 24.0 Å². The van der Waals surface area contributed by atoms with E-state index >= 15 is 0 Å². The second-order valence-electron chi connectivity index (χ2n) is 4.90. The van der Waals surface area contributed by atoms with Crippen LogP contribution in [0, 0.1) is 5.92 Å². The number of hydrogen-bond acceptors (Lipinski definition) is 5. The zero-order valence-corrected chi connectivity index (χ0v) is 14.2. The number of esters is 1. The van der Waals surface area contributed by atoms with E-state index in [2.05, 4.69) is 0 Å². The number of rotatable bonds is 5. The molecule has 126 valence electrons. The van der Waals surface area contributed by atoms with Crippen molar-refractivity contribution in [2.75, 3.05) is 7.11 Å². The Labute approximate surface area is 143 Å². The first-order chi connectivity index (χ1) is 10.7. The number of imide groups is 1. The molecule has 1 aromatic rings. The van der Waals surface area contributed by atoms with E-state index in [4.69, 9.17) is 38.4 Å². The lowest BCUT2D eigenvalue weighted by Gasteiger charge is -2.20. The lowest BCUT2D eigenvalue weighted by Crippen LogP contribution is -2.45. The molecule has 0 aliphatic carbocycles. The average Bonchev–Trinajstić information content (AvgIpc) is 2.42. The first-order valence-electron chi connectivity index (χ1n) is 6.51. The molecule has 0 heterocycles. The van der Waals surface area contributed by atoms with E-state index in [0.717, 1.165) is 0 Å². The molecule has 3 N–H and O–H groups in total. The van der Waals surface area contributed by atoms with Crippen molar-refractivity contribution in [2.24, 2.45) is 11.7 Å². The minimum atomic E-state index is -1.20. The van der Waals surface area contributed by atoms with Crippen molar-refractivity contribution < 1.29 is 23.9 Å². The van der Waals surface area contributed by atoms with E-state index in [1.165, 1.54) is 19.2 Å². The molecular weight excluding hydrogens is 347 g/mol. The summed E-state index contributed by atoms with van der Waals surface area (Å²) in [6, 6.07) is 1.57. The summed E-state index contributed by atoms with van der Waals surface area (Å²) in [5.41, 5.74) is 4.92. The van der Waals surface area contributed by atoms with Crippen LogP contribution in [-0.4, -0.2) is 31.1 Å². The summed E-state index contributed by atoms with van der Waals surface area (Å²) in [5, 5.41) is 2.11. The van der Waals surface area contributed by atoms with Gasteiger partial charge in [0.25, 0.3) is 5.91 Å². The van der Waals surface area contributed by atoms with E-state index in [0.29, 0.717) is 0 Å². The van der Waals surface area contributed by atoms with Crippen LogP contribution in [0.15, 0.2) is 12.1 Å². The Kier molecular flexibility index (Phi) is 6.65. The summed E-state index contributed by atoms with van der Waals surface area (Å²) in [7, 11) is 1.38. The van der Waals surface area contributed by atoms with Gasteiger partial charge in [-0.25, -0.2) is 9.59 Å². The lowest BCUT2D eigenvalue weighted by molar-refractivity contribution is -0.130. The van der Waals surface area contributed by atoms with Gasteiger partial charge in [-0.15, -0.1) is 0 Å². The molecule has 1 aromatic carbocycles. The third-order valence-corrected chi connectivity index (χ3v) is 3.34. The van der Waals surface area contributed by atoms with E-state index in [-0.39, 0.29) is 27.3 Å². The van der Waals surface area contributed by atoms with E-state index in [9.17, 15) is 14.4 Å². The van der Waals surface area contributed by atoms with Gasteiger partial charge >= 0.3 is 12.0 Å². The number of amides is 3. The van der Waals surface area contributed by atoms with Gasteiger partial charge in [0.15, 0.2) is 11.9 Å². The number of ether oxygens (including phenoxy) is 2. The molecule has 0 fully saturated rings.